The number of nitrogens with zero attached hydrogens (tertiary/aromatic N) is 2. The molecular weight excluding hydrogens is 309 g/mol. The summed E-state index contributed by atoms with van der Waals surface area (Å²) in [6.45, 7) is 0.459. The zero-order chi connectivity index (χ0) is 17.4. The molecule has 2 aromatic carbocycles. The van der Waals surface area contributed by atoms with Crippen molar-refractivity contribution in [1.29, 1.82) is 0 Å². The Morgan fingerprint density at radius 3 is 2.33 bits per heavy atom. The monoisotopic (exact) mass is 327 g/mol. The summed E-state index contributed by atoms with van der Waals surface area (Å²) in [6, 6.07) is 13.3. The number of halogens is 1. The van der Waals surface area contributed by atoms with Crippen LogP contribution < -0.4 is 5.32 Å². The van der Waals surface area contributed by atoms with Gasteiger partial charge in [0.15, 0.2) is 0 Å². The van der Waals surface area contributed by atoms with Gasteiger partial charge in [-0.25, -0.2) is 4.39 Å². The molecule has 6 heteroatoms. The van der Waals surface area contributed by atoms with E-state index >= 15 is 0 Å². The van der Waals surface area contributed by atoms with E-state index in [0.717, 1.165) is 16.7 Å². The second-order valence-electron chi connectivity index (χ2n) is 5.08. The van der Waals surface area contributed by atoms with Gasteiger partial charge in [-0.2, -0.15) is 0 Å². The topological polar surface area (TPSA) is 74.0 Å². The van der Waals surface area contributed by atoms with Crippen molar-refractivity contribution in [2.45, 2.75) is 13.0 Å². The van der Waals surface area contributed by atoms with Crippen molar-refractivity contribution in [1.82, 2.24) is 5.32 Å². The lowest BCUT2D eigenvalue weighted by molar-refractivity contribution is -0.136. The van der Waals surface area contributed by atoms with Crippen LogP contribution in [-0.2, 0) is 17.8 Å². The number of aliphatic imine (C=N–C) groups is 2. The first kappa shape index (κ1) is 17.3. The minimum absolute atomic E-state index is 0.0130. The Kier molecular flexibility index (Phi) is 6.19. The highest BCUT2D eigenvalue weighted by Gasteiger charge is 2.01. The second kappa shape index (κ2) is 8.57. The lowest BCUT2D eigenvalue weighted by Crippen LogP contribution is -2.22. The summed E-state index contributed by atoms with van der Waals surface area (Å²) in [5.74, 6) is -0.554. The standard InChI is InChI=1S/C18H18FN3O2/c1-20-18(15-6-8-16(19)9-7-15)22-12-21-11-14-4-2-13(3-5-14)10-17(23)24/h2-9,12H,10-11H2,1H3,(H,23,24)(H,20,21,22). The molecule has 0 unspecified atom stereocenters. The summed E-state index contributed by atoms with van der Waals surface area (Å²) in [7, 11) is 1.64. The number of carbonyl (C=O) groups is 1. The Balaban J connectivity index is 1.89. The molecule has 0 aromatic heterocycles. The molecule has 124 valence electrons. The van der Waals surface area contributed by atoms with Gasteiger partial charge in [0.2, 0.25) is 0 Å². The molecule has 0 bridgehead atoms. The summed E-state index contributed by atoms with van der Waals surface area (Å²) in [6.07, 6.45) is 1.55. The fraction of sp³-hybridized carbons (Fsp3) is 0.167. The van der Waals surface area contributed by atoms with Gasteiger partial charge in [0.05, 0.1) is 19.3 Å². The highest BCUT2D eigenvalue weighted by molar-refractivity contribution is 6.04. The third-order valence-electron chi connectivity index (χ3n) is 3.29. The van der Waals surface area contributed by atoms with Crippen LogP contribution in [0, 0.1) is 5.82 Å². The Morgan fingerprint density at radius 1 is 1.12 bits per heavy atom. The lowest BCUT2D eigenvalue weighted by Gasteiger charge is -2.05. The van der Waals surface area contributed by atoms with Crippen LogP contribution >= 0.6 is 0 Å². The largest absolute Gasteiger partial charge is 0.481 e. The van der Waals surface area contributed by atoms with Crippen molar-refractivity contribution in [3.8, 4) is 0 Å². The maximum atomic E-state index is 12.9. The van der Waals surface area contributed by atoms with Crippen molar-refractivity contribution in [3.05, 3.63) is 71.0 Å². The summed E-state index contributed by atoms with van der Waals surface area (Å²) in [5.41, 5.74) is 2.49. The number of nitrogens with one attached hydrogen (secondary N) is 1. The van der Waals surface area contributed by atoms with E-state index in [1.54, 1.807) is 31.3 Å². The van der Waals surface area contributed by atoms with Crippen molar-refractivity contribution >= 4 is 18.1 Å². The van der Waals surface area contributed by atoms with Crippen molar-refractivity contribution in [2.24, 2.45) is 9.98 Å². The molecule has 0 heterocycles. The van der Waals surface area contributed by atoms with Gasteiger partial charge < -0.3 is 10.4 Å². The van der Waals surface area contributed by atoms with Gasteiger partial charge in [-0.15, -0.1) is 0 Å². The molecule has 0 amide bonds. The number of carboxylic acids is 1. The van der Waals surface area contributed by atoms with Crippen LogP contribution in [0.3, 0.4) is 0 Å². The Morgan fingerprint density at radius 2 is 1.75 bits per heavy atom. The molecule has 2 rings (SSSR count). The molecule has 0 aliphatic rings. The van der Waals surface area contributed by atoms with E-state index in [1.807, 2.05) is 12.1 Å². The molecule has 2 aromatic rings. The van der Waals surface area contributed by atoms with Crippen LogP contribution in [0.15, 0.2) is 58.5 Å². The van der Waals surface area contributed by atoms with Crippen molar-refractivity contribution < 1.29 is 14.3 Å². The number of hydrogen-bond acceptors (Lipinski definition) is 3. The maximum absolute atomic E-state index is 12.9. The van der Waals surface area contributed by atoms with Crippen molar-refractivity contribution in [2.75, 3.05) is 7.05 Å². The molecule has 0 aliphatic carbocycles. The fourth-order valence-corrected chi connectivity index (χ4v) is 2.08. The molecule has 0 aliphatic heterocycles. The molecule has 0 saturated carbocycles. The molecule has 24 heavy (non-hydrogen) atoms. The van der Waals surface area contributed by atoms with E-state index in [9.17, 15) is 9.18 Å². The quantitative estimate of drug-likeness (QED) is 0.633. The fourth-order valence-electron chi connectivity index (χ4n) is 2.08. The summed E-state index contributed by atoms with van der Waals surface area (Å²) in [4.78, 5) is 19.0. The Hall–Kier alpha value is -3.02. The number of amidine groups is 1. The number of benzene rings is 2. The Bertz CT molecular complexity index is 738. The van der Waals surface area contributed by atoms with Gasteiger partial charge >= 0.3 is 5.97 Å². The Labute approximate surface area is 139 Å². The van der Waals surface area contributed by atoms with E-state index < -0.39 is 5.97 Å². The number of aliphatic carboxylic acids is 1. The van der Waals surface area contributed by atoms with Crippen LogP contribution in [-0.4, -0.2) is 30.3 Å². The molecule has 0 saturated heterocycles. The maximum Gasteiger partial charge on any atom is 0.307 e. The highest BCUT2D eigenvalue weighted by atomic mass is 19.1. The molecule has 0 fully saturated rings. The molecule has 2 N–H and O–H groups in total. The first-order valence-corrected chi connectivity index (χ1v) is 7.35. The first-order valence-electron chi connectivity index (χ1n) is 7.35. The number of carboxylic acid groups (broad SMARTS) is 1. The van der Waals surface area contributed by atoms with E-state index in [1.165, 1.54) is 18.5 Å². The molecule has 0 spiro atoms. The van der Waals surface area contributed by atoms with E-state index in [2.05, 4.69) is 15.3 Å². The summed E-state index contributed by atoms with van der Waals surface area (Å²) in [5, 5.41) is 11.7. The van der Waals surface area contributed by atoms with E-state index in [4.69, 9.17) is 5.11 Å². The highest BCUT2D eigenvalue weighted by Crippen LogP contribution is 2.06. The van der Waals surface area contributed by atoms with Crippen LogP contribution in [0.25, 0.3) is 0 Å². The average Bonchev–Trinajstić information content (AvgIpc) is 2.57. The molecule has 0 atom stereocenters. The normalized spacial score (nSPS) is 11.7. The van der Waals surface area contributed by atoms with E-state index in [0.29, 0.717) is 12.4 Å². The van der Waals surface area contributed by atoms with Gasteiger partial charge in [-0.1, -0.05) is 24.3 Å². The van der Waals surface area contributed by atoms with E-state index in [-0.39, 0.29) is 12.2 Å². The lowest BCUT2D eigenvalue weighted by atomic mass is 10.1. The minimum atomic E-state index is -0.850. The smallest absolute Gasteiger partial charge is 0.307 e. The minimum Gasteiger partial charge on any atom is -0.481 e. The van der Waals surface area contributed by atoms with Crippen molar-refractivity contribution in [3.63, 3.8) is 0 Å². The van der Waals surface area contributed by atoms with Crippen LogP contribution in [0.4, 0.5) is 4.39 Å². The van der Waals surface area contributed by atoms with Gasteiger partial charge in [0.1, 0.15) is 11.7 Å². The molecule has 5 nitrogen and oxygen atoms in total. The summed E-state index contributed by atoms with van der Waals surface area (Å²) < 4.78 is 12.9. The summed E-state index contributed by atoms with van der Waals surface area (Å²) >= 11 is 0. The average molecular weight is 327 g/mol. The van der Waals surface area contributed by atoms with Crippen LogP contribution in [0.5, 0.6) is 0 Å². The SMILES string of the molecule is CN=C(NC=NCc1ccc(CC(=O)O)cc1)c1ccc(F)cc1. The predicted octanol–water partition coefficient (Wildman–Crippen LogP) is 2.65. The zero-order valence-electron chi connectivity index (χ0n) is 13.2. The predicted molar refractivity (Wildman–Crippen MR) is 92.0 cm³/mol. The van der Waals surface area contributed by atoms with Gasteiger partial charge in [0.25, 0.3) is 0 Å². The van der Waals surface area contributed by atoms with Crippen LogP contribution in [0.1, 0.15) is 16.7 Å². The van der Waals surface area contributed by atoms with Gasteiger partial charge in [0, 0.05) is 12.6 Å². The molecule has 0 radical (unpaired) electrons. The van der Waals surface area contributed by atoms with Gasteiger partial charge in [-0.3, -0.25) is 14.8 Å². The first-order chi connectivity index (χ1) is 11.6. The third-order valence-corrected chi connectivity index (χ3v) is 3.29. The number of rotatable bonds is 6. The van der Waals surface area contributed by atoms with Gasteiger partial charge in [-0.05, 0) is 35.4 Å². The van der Waals surface area contributed by atoms with Crippen LogP contribution in [0.2, 0.25) is 0 Å². The number of hydrogen-bond donors (Lipinski definition) is 2. The molecular formula is C18H18FN3O2. The zero-order valence-corrected chi connectivity index (χ0v) is 13.2. The second-order valence-corrected chi connectivity index (χ2v) is 5.08. The third kappa shape index (κ3) is 5.31.